The minimum Gasteiger partial charge on any atom is -0.464 e. The monoisotopic (exact) mass is 574 g/mol. The molecule has 3 nitrogen and oxygen atoms in total. The number of rotatable bonds is 8. The summed E-state index contributed by atoms with van der Waals surface area (Å²) in [6.45, 7) is 11.5. The first kappa shape index (κ1) is 27.9. The molecule has 0 spiro atoms. The second-order valence-corrected chi connectivity index (χ2v) is 12.2. The topological polar surface area (TPSA) is 33.3 Å². The fourth-order valence-corrected chi connectivity index (χ4v) is 6.94. The van der Waals surface area contributed by atoms with E-state index in [-0.39, 0.29) is 17.7 Å². The molecule has 5 aromatic carbocycles. The molecule has 0 aromatic heterocycles. The standard InChI is InChI=1S/C41H38N2O/c1-5-15-36-37(6-2)44-40(43-36)29-22-23-32-34(24-29)41(3,4)35-25-33(30-20-13-14-21-31(30)38(32)35)39(28-18-11-8-12-19-28)42-26-27-16-9-7-10-17-27/h5-25,39-40,42-43H,2,26H2,1,3-4H3/b15-5-. The Morgan fingerprint density at radius 2 is 1.57 bits per heavy atom. The Labute approximate surface area is 260 Å². The van der Waals surface area contributed by atoms with Crippen LogP contribution in [0.5, 0.6) is 0 Å². The van der Waals surface area contributed by atoms with Crippen molar-refractivity contribution < 1.29 is 4.74 Å². The predicted molar refractivity (Wildman–Crippen MR) is 182 cm³/mol. The molecule has 2 aliphatic rings. The molecule has 7 rings (SSSR count). The van der Waals surface area contributed by atoms with E-state index in [9.17, 15) is 0 Å². The number of benzene rings is 5. The summed E-state index contributed by atoms with van der Waals surface area (Å²) < 4.78 is 6.29. The van der Waals surface area contributed by atoms with Gasteiger partial charge >= 0.3 is 0 Å². The number of allylic oxidation sites excluding steroid dienone is 3. The van der Waals surface area contributed by atoms with Crippen molar-refractivity contribution in [3.8, 4) is 11.1 Å². The van der Waals surface area contributed by atoms with Gasteiger partial charge in [-0.2, -0.15) is 0 Å². The average molecular weight is 575 g/mol. The summed E-state index contributed by atoms with van der Waals surface area (Å²) in [5, 5.41) is 10.0. The summed E-state index contributed by atoms with van der Waals surface area (Å²) in [6.07, 6.45) is 5.57. The van der Waals surface area contributed by atoms with Crippen molar-refractivity contribution >= 4 is 10.8 Å². The Bertz CT molecular complexity index is 1920. The van der Waals surface area contributed by atoms with E-state index in [4.69, 9.17) is 4.74 Å². The van der Waals surface area contributed by atoms with Crippen molar-refractivity contribution in [2.75, 3.05) is 0 Å². The Balaban J connectivity index is 1.34. The molecule has 0 amide bonds. The van der Waals surface area contributed by atoms with E-state index in [0.29, 0.717) is 0 Å². The van der Waals surface area contributed by atoms with Gasteiger partial charge in [-0.3, -0.25) is 0 Å². The molecular weight excluding hydrogens is 536 g/mol. The fraction of sp³-hybridized carbons (Fsp3) is 0.171. The summed E-state index contributed by atoms with van der Waals surface area (Å²) in [5.41, 5.74) is 11.0. The molecule has 3 heteroatoms. The molecule has 0 fully saturated rings. The van der Waals surface area contributed by atoms with Crippen LogP contribution in [0.3, 0.4) is 0 Å². The lowest BCUT2D eigenvalue weighted by Gasteiger charge is -2.27. The summed E-state index contributed by atoms with van der Waals surface area (Å²) in [7, 11) is 0. The predicted octanol–water partition coefficient (Wildman–Crippen LogP) is 9.62. The van der Waals surface area contributed by atoms with Gasteiger partial charge in [0.1, 0.15) is 5.76 Å². The lowest BCUT2D eigenvalue weighted by Crippen LogP contribution is -2.23. The number of hydrogen-bond donors (Lipinski definition) is 2. The third-order valence-electron chi connectivity index (χ3n) is 9.15. The molecule has 2 N–H and O–H groups in total. The highest BCUT2D eigenvalue weighted by molar-refractivity contribution is 6.04. The summed E-state index contributed by atoms with van der Waals surface area (Å²) in [5.74, 6) is 0.779. The second kappa shape index (κ2) is 11.3. The van der Waals surface area contributed by atoms with Crippen LogP contribution in [0.4, 0.5) is 0 Å². The molecule has 44 heavy (non-hydrogen) atoms. The zero-order valence-corrected chi connectivity index (χ0v) is 25.6. The van der Waals surface area contributed by atoms with Gasteiger partial charge in [0.2, 0.25) is 0 Å². The Morgan fingerprint density at radius 1 is 0.864 bits per heavy atom. The van der Waals surface area contributed by atoms with Crippen LogP contribution in [-0.2, 0) is 16.7 Å². The molecule has 0 radical (unpaired) electrons. The van der Waals surface area contributed by atoms with Gasteiger partial charge in [0, 0.05) is 17.5 Å². The van der Waals surface area contributed by atoms with Crippen LogP contribution >= 0.6 is 0 Å². The van der Waals surface area contributed by atoms with Crippen LogP contribution in [0.2, 0.25) is 0 Å². The summed E-state index contributed by atoms with van der Waals surface area (Å²) in [6, 6.07) is 39.7. The minimum atomic E-state index is -0.254. The van der Waals surface area contributed by atoms with Crippen LogP contribution < -0.4 is 10.6 Å². The highest BCUT2D eigenvalue weighted by atomic mass is 16.5. The minimum absolute atomic E-state index is 0.0335. The van der Waals surface area contributed by atoms with Gasteiger partial charge in [-0.05, 0) is 74.9 Å². The van der Waals surface area contributed by atoms with Crippen LogP contribution in [0.25, 0.3) is 21.9 Å². The molecule has 1 aliphatic carbocycles. The van der Waals surface area contributed by atoms with E-state index in [1.165, 1.54) is 49.7 Å². The summed E-state index contributed by atoms with van der Waals surface area (Å²) >= 11 is 0. The maximum atomic E-state index is 6.29. The van der Waals surface area contributed by atoms with Crippen LogP contribution in [-0.4, -0.2) is 0 Å². The Morgan fingerprint density at radius 3 is 2.30 bits per heavy atom. The Kier molecular flexibility index (Phi) is 7.20. The number of ether oxygens (including phenoxy) is 1. The largest absolute Gasteiger partial charge is 0.464 e. The SMILES string of the molecule is C=CC1=C(/C=C\C)NC(c2ccc3c(c2)C(C)(C)c2cc(C(NCc4ccccc4)c4ccccc4)c4ccccc4c2-3)O1. The lowest BCUT2D eigenvalue weighted by molar-refractivity contribution is 0.137. The molecule has 5 aromatic rings. The smallest absolute Gasteiger partial charge is 0.196 e. The van der Waals surface area contributed by atoms with Gasteiger partial charge in [-0.1, -0.05) is 130 Å². The normalized spacial score (nSPS) is 17.3. The summed E-state index contributed by atoms with van der Waals surface area (Å²) in [4.78, 5) is 0. The van der Waals surface area contributed by atoms with Gasteiger partial charge in [0.15, 0.2) is 6.23 Å². The molecule has 0 saturated heterocycles. The number of hydrogen-bond acceptors (Lipinski definition) is 3. The van der Waals surface area contributed by atoms with Crippen molar-refractivity contribution in [2.45, 2.75) is 45.0 Å². The van der Waals surface area contributed by atoms with Crippen molar-refractivity contribution in [3.63, 3.8) is 0 Å². The van der Waals surface area contributed by atoms with Crippen molar-refractivity contribution in [2.24, 2.45) is 0 Å². The van der Waals surface area contributed by atoms with Crippen LogP contribution in [0.1, 0.15) is 66.4 Å². The number of fused-ring (bicyclic) bond motifs is 5. The van der Waals surface area contributed by atoms with Gasteiger partial charge in [-0.25, -0.2) is 0 Å². The number of nitrogens with one attached hydrogen (secondary N) is 2. The van der Waals surface area contributed by atoms with Gasteiger partial charge < -0.3 is 15.4 Å². The molecule has 1 heterocycles. The molecular formula is C41H38N2O. The van der Waals surface area contributed by atoms with Gasteiger partial charge in [-0.15, -0.1) is 0 Å². The quantitative estimate of drug-likeness (QED) is 0.194. The van der Waals surface area contributed by atoms with Crippen molar-refractivity contribution in [1.29, 1.82) is 0 Å². The molecule has 2 unspecified atom stereocenters. The fourth-order valence-electron chi connectivity index (χ4n) is 6.94. The Hall–Kier alpha value is -4.86. The zero-order chi connectivity index (χ0) is 30.3. The van der Waals surface area contributed by atoms with E-state index in [0.717, 1.165) is 23.6 Å². The maximum Gasteiger partial charge on any atom is 0.196 e. The molecule has 1 aliphatic heterocycles. The van der Waals surface area contributed by atoms with E-state index in [2.05, 4.69) is 140 Å². The lowest BCUT2D eigenvalue weighted by atomic mass is 9.79. The first-order chi connectivity index (χ1) is 21.5. The highest BCUT2D eigenvalue weighted by Crippen LogP contribution is 2.53. The maximum absolute atomic E-state index is 6.29. The second-order valence-electron chi connectivity index (χ2n) is 12.2. The first-order valence-electron chi connectivity index (χ1n) is 15.5. The van der Waals surface area contributed by atoms with E-state index < -0.39 is 0 Å². The molecule has 218 valence electrons. The third-order valence-corrected chi connectivity index (χ3v) is 9.15. The third kappa shape index (κ3) is 4.74. The first-order valence-corrected chi connectivity index (χ1v) is 15.5. The average Bonchev–Trinajstić information content (AvgIpc) is 3.57. The van der Waals surface area contributed by atoms with Gasteiger partial charge in [0.05, 0.1) is 11.7 Å². The van der Waals surface area contributed by atoms with E-state index in [1.807, 2.05) is 19.1 Å². The van der Waals surface area contributed by atoms with Gasteiger partial charge in [0.25, 0.3) is 0 Å². The van der Waals surface area contributed by atoms with Crippen molar-refractivity contribution in [1.82, 2.24) is 10.6 Å². The van der Waals surface area contributed by atoms with E-state index >= 15 is 0 Å². The highest BCUT2D eigenvalue weighted by Gasteiger charge is 2.39. The van der Waals surface area contributed by atoms with Crippen molar-refractivity contribution in [3.05, 3.63) is 179 Å². The van der Waals surface area contributed by atoms with Crippen LogP contribution in [0, 0.1) is 0 Å². The molecule has 0 bridgehead atoms. The van der Waals surface area contributed by atoms with Crippen LogP contribution in [0.15, 0.2) is 145 Å². The molecule has 2 atom stereocenters. The zero-order valence-electron chi connectivity index (χ0n) is 25.6. The molecule has 0 saturated carbocycles. The van der Waals surface area contributed by atoms with E-state index in [1.54, 1.807) is 6.08 Å².